The zero-order chi connectivity index (χ0) is 28.1. The number of ether oxygens (including phenoxy) is 3. The van der Waals surface area contributed by atoms with E-state index in [0.29, 0.717) is 30.0 Å². The lowest BCUT2D eigenvalue weighted by atomic mass is 9.94. The van der Waals surface area contributed by atoms with Crippen LogP contribution < -0.4 is 14.2 Å². The molecule has 3 aromatic rings. The van der Waals surface area contributed by atoms with E-state index in [0.717, 1.165) is 6.54 Å². The van der Waals surface area contributed by atoms with Crippen LogP contribution in [0.2, 0.25) is 5.02 Å². The third-order valence-electron chi connectivity index (χ3n) is 6.43. The average molecular weight is 551 g/mol. The minimum Gasteiger partial charge on any atom is -0.507 e. The van der Waals surface area contributed by atoms with E-state index in [2.05, 4.69) is 0 Å². The van der Waals surface area contributed by atoms with E-state index < -0.39 is 17.7 Å². The second kappa shape index (κ2) is 12.2. The Labute approximate surface area is 233 Å². The Morgan fingerprint density at radius 1 is 0.949 bits per heavy atom. The number of hydrogen-bond donors (Lipinski definition) is 1. The van der Waals surface area contributed by atoms with E-state index in [1.165, 1.54) is 31.3 Å². The van der Waals surface area contributed by atoms with Gasteiger partial charge in [-0.2, -0.15) is 0 Å². The van der Waals surface area contributed by atoms with E-state index in [9.17, 15) is 14.7 Å². The van der Waals surface area contributed by atoms with Gasteiger partial charge in [0.25, 0.3) is 11.7 Å². The zero-order valence-corrected chi connectivity index (χ0v) is 23.1. The number of carbonyl (C=O) groups is 2. The first-order valence-electron chi connectivity index (χ1n) is 12.4. The molecule has 0 aliphatic carbocycles. The van der Waals surface area contributed by atoms with Crippen LogP contribution in [-0.4, -0.2) is 68.0 Å². The maximum atomic E-state index is 13.5. The highest BCUT2D eigenvalue weighted by Crippen LogP contribution is 2.43. The fourth-order valence-electron chi connectivity index (χ4n) is 4.58. The molecule has 204 valence electrons. The molecule has 3 aromatic carbocycles. The highest BCUT2D eigenvalue weighted by Gasteiger charge is 2.46. The molecular weight excluding hydrogens is 520 g/mol. The smallest absolute Gasteiger partial charge is 0.295 e. The van der Waals surface area contributed by atoms with Gasteiger partial charge in [0.1, 0.15) is 28.8 Å². The van der Waals surface area contributed by atoms with Gasteiger partial charge in [-0.15, -0.1) is 0 Å². The summed E-state index contributed by atoms with van der Waals surface area (Å²) in [4.78, 5) is 30.3. The van der Waals surface area contributed by atoms with E-state index in [4.69, 9.17) is 25.8 Å². The topological polar surface area (TPSA) is 88.5 Å². The van der Waals surface area contributed by atoms with E-state index in [1.807, 2.05) is 49.3 Å². The number of aliphatic hydroxyl groups is 1. The average Bonchev–Trinajstić information content (AvgIpc) is 3.18. The molecule has 4 rings (SSSR count). The van der Waals surface area contributed by atoms with Gasteiger partial charge in [0.05, 0.1) is 36.4 Å². The van der Waals surface area contributed by atoms with Crippen LogP contribution in [0.3, 0.4) is 0 Å². The summed E-state index contributed by atoms with van der Waals surface area (Å²) in [7, 11) is 6.75. The van der Waals surface area contributed by atoms with Crippen LogP contribution in [-0.2, 0) is 9.59 Å². The van der Waals surface area contributed by atoms with E-state index in [-0.39, 0.29) is 33.4 Å². The van der Waals surface area contributed by atoms with Crippen LogP contribution >= 0.6 is 11.6 Å². The number of aliphatic hydroxyl groups excluding tert-OH is 1. The van der Waals surface area contributed by atoms with Crippen molar-refractivity contribution in [1.29, 1.82) is 0 Å². The molecular formula is C30H31ClN2O6. The van der Waals surface area contributed by atoms with Gasteiger partial charge in [0, 0.05) is 12.6 Å². The first-order valence-corrected chi connectivity index (χ1v) is 12.8. The van der Waals surface area contributed by atoms with Crippen molar-refractivity contribution in [3.63, 3.8) is 0 Å². The van der Waals surface area contributed by atoms with Crippen molar-refractivity contribution in [2.75, 3.05) is 41.4 Å². The van der Waals surface area contributed by atoms with Crippen molar-refractivity contribution in [2.45, 2.75) is 12.5 Å². The number of ketones is 1. The molecule has 1 saturated heterocycles. The van der Waals surface area contributed by atoms with Crippen molar-refractivity contribution in [3.8, 4) is 23.0 Å². The molecule has 8 nitrogen and oxygen atoms in total. The number of Topliss-reactive ketones (excluding diaryl/α,β-unsaturated/α-hetero) is 1. The Morgan fingerprint density at radius 2 is 1.64 bits per heavy atom. The highest BCUT2D eigenvalue weighted by atomic mass is 35.5. The minimum atomic E-state index is -0.849. The minimum absolute atomic E-state index is 0.0515. The van der Waals surface area contributed by atoms with Crippen LogP contribution in [0.5, 0.6) is 23.0 Å². The van der Waals surface area contributed by atoms with Gasteiger partial charge in [-0.3, -0.25) is 9.59 Å². The fraction of sp³-hybridized carbons (Fsp3) is 0.267. The van der Waals surface area contributed by atoms with Crippen LogP contribution in [0, 0.1) is 0 Å². The summed E-state index contributed by atoms with van der Waals surface area (Å²) in [6, 6.07) is 18.6. The number of para-hydroxylation sites is 1. The molecule has 0 bridgehead atoms. The van der Waals surface area contributed by atoms with Gasteiger partial charge < -0.3 is 29.1 Å². The lowest BCUT2D eigenvalue weighted by Gasteiger charge is -2.26. The number of likely N-dealkylation sites (tertiary alicyclic amines) is 1. The number of methoxy groups -OCH3 is 2. The molecule has 1 unspecified atom stereocenters. The Hall–Kier alpha value is -4.01. The first-order chi connectivity index (χ1) is 18.7. The van der Waals surface area contributed by atoms with Crippen molar-refractivity contribution >= 4 is 29.1 Å². The highest BCUT2D eigenvalue weighted by molar-refractivity contribution is 6.46. The van der Waals surface area contributed by atoms with E-state index in [1.54, 1.807) is 24.3 Å². The number of nitrogens with zero attached hydrogens (tertiary/aromatic N) is 2. The maximum absolute atomic E-state index is 13.5. The number of carbonyl (C=O) groups excluding carboxylic acids is 2. The van der Waals surface area contributed by atoms with Crippen LogP contribution in [0.4, 0.5) is 0 Å². The summed E-state index contributed by atoms with van der Waals surface area (Å²) in [6.45, 7) is 1.03. The number of halogens is 1. The zero-order valence-electron chi connectivity index (χ0n) is 22.3. The molecule has 9 heteroatoms. The molecule has 0 radical (unpaired) electrons. The first kappa shape index (κ1) is 28.0. The summed E-state index contributed by atoms with van der Waals surface area (Å²) in [6.07, 6.45) is 0.634. The monoisotopic (exact) mass is 550 g/mol. The van der Waals surface area contributed by atoms with Crippen molar-refractivity contribution in [2.24, 2.45) is 0 Å². The largest absolute Gasteiger partial charge is 0.507 e. The lowest BCUT2D eigenvalue weighted by Crippen LogP contribution is -2.32. The second-order valence-corrected chi connectivity index (χ2v) is 9.73. The number of rotatable bonds is 10. The molecule has 1 amide bonds. The summed E-state index contributed by atoms with van der Waals surface area (Å²) >= 11 is 6.26. The summed E-state index contributed by atoms with van der Waals surface area (Å²) in [5, 5.41) is 11.8. The molecule has 39 heavy (non-hydrogen) atoms. The second-order valence-electron chi connectivity index (χ2n) is 9.32. The van der Waals surface area contributed by atoms with Gasteiger partial charge in [0.15, 0.2) is 0 Å². The number of benzene rings is 3. The Bertz CT molecular complexity index is 1390. The summed E-state index contributed by atoms with van der Waals surface area (Å²) in [5.74, 6) is -0.154. The summed E-state index contributed by atoms with van der Waals surface area (Å²) in [5.41, 5.74) is 0.755. The van der Waals surface area contributed by atoms with Gasteiger partial charge in [-0.1, -0.05) is 41.9 Å². The van der Waals surface area contributed by atoms with Crippen molar-refractivity contribution < 1.29 is 28.9 Å². The molecule has 1 aliphatic heterocycles. The SMILES string of the molecule is COc1cc(/C(O)=C2\C(=O)C(=O)N(CCCN(C)C)C2c2cccc(Oc3ccccc3)c2)c(OC)cc1Cl. The maximum Gasteiger partial charge on any atom is 0.295 e. The van der Waals surface area contributed by atoms with Crippen LogP contribution in [0.15, 0.2) is 72.3 Å². The molecule has 1 fully saturated rings. The molecule has 1 aliphatic rings. The fourth-order valence-corrected chi connectivity index (χ4v) is 4.81. The normalized spacial score (nSPS) is 16.6. The third-order valence-corrected chi connectivity index (χ3v) is 6.72. The van der Waals surface area contributed by atoms with Crippen LogP contribution in [0.1, 0.15) is 23.6 Å². The van der Waals surface area contributed by atoms with Gasteiger partial charge >= 0.3 is 0 Å². The predicted octanol–water partition coefficient (Wildman–Crippen LogP) is 5.52. The molecule has 0 aromatic heterocycles. The molecule has 0 saturated carbocycles. The van der Waals surface area contributed by atoms with Crippen LogP contribution in [0.25, 0.3) is 5.76 Å². The molecule has 1 heterocycles. The molecule has 1 atom stereocenters. The van der Waals surface area contributed by atoms with Gasteiger partial charge in [-0.25, -0.2) is 0 Å². The Morgan fingerprint density at radius 3 is 2.31 bits per heavy atom. The van der Waals surface area contributed by atoms with Gasteiger partial charge in [-0.05, 0) is 63.0 Å². The standard InChI is InChI=1S/C30H31ClN2O6/c1-32(2)14-9-15-33-27(19-10-8-13-21(16-19)39-20-11-6-5-7-12-20)26(29(35)30(33)36)28(34)22-17-25(38-4)23(31)18-24(22)37-3/h5-8,10-13,16-18,27,34H,9,14-15H2,1-4H3/b28-26+. The quantitative estimate of drug-likeness (QED) is 0.202. The Balaban J connectivity index is 1.85. The molecule has 1 N–H and O–H groups in total. The number of amides is 1. The third kappa shape index (κ3) is 6.02. The summed E-state index contributed by atoms with van der Waals surface area (Å²) < 4.78 is 16.8. The predicted molar refractivity (Wildman–Crippen MR) is 150 cm³/mol. The van der Waals surface area contributed by atoms with Crippen molar-refractivity contribution in [1.82, 2.24) is 9.80 Å². The van der Waals surface area contributed by atoms with Crippen molar-refractivity contribution in [3.05, 3.63) is 88.5 Å². The lowest BCUT2D eigenvalue weighted by molar-refractivity contribution is -0.139. The van der Waals surface area contributed by atoms with E-state index >= 15 is 0 Å². The van der Waals surface area contributed by atoms with Gasteiger partial charge in [0.2, 0.25) is 0 Å². The Kier molecular flexibility index (Phi) is 8.79. The molecule has 0 spiro atoms. The number of hydrogen-bond acceptors (Lipinski definition) is 7.